The number of allylic oxidation sites excluding steroid dienone is 1. The van der Waals surface area contributed by atoms with Gasteiger partial charge in [-0.1, -0.05) is 11.6 Å². The molecule has 1 amide bonds. The number of amides is 1. The van der Waals surface area contributed by atoms with E-state index in [1.165, 1.54) is 0 Å². The number of ether oxygens (including phenoxy) is 2. The number of carbonyl (C=O) groups is 1. The van der Waals surface area contributed by atoms with Gasteiger partial charge in [0.1, 0.15) is 5.82 Å². The highest BCUT2D eigenvalue weighted by molar-refractivity contribution is 5.79. The fourth-order valence-electron chi connectivity index (χ4n) is 2.54. The first-order chi connectivity index (χ1) is 11.9. The van der Waals surface area contributed by atoms with Crippen molar-refractivity contribution in [3.63, 3.8) is 0 Å². The smallest absolute Gasteiger partial charge is 0.225 e. The zero-order valence-corrected chi connectivity index (χ0v) is 14.3. The van der Waals surface area contributed by atoms with Crippen LogP contribution in [0.3, 0.4) is 0 Å². The predicted octanol–water partition coefficient (Wildman–Crippen LogP) is 2.90. The Labute approximate surface area is 145 Å². The quantitative estimate of drug-likeness (QED) is 0.629. The van der Waals surface area contributed by atoms with E-state index in [9.17, 15) is 18.0 Å². The summed E-state index contributed by atoms with van der Waals surface area (Å²) < 4.78 is 51.6. The van der Waals surface area contributed by atoms with Crippen molar-refractivity contribution in [2.45, 2.75) is 38.8 Å². The molecule has 1 N–H and O–H groups in total. The molecule has 138 valence electrons. The first kappa shape index (κ1) is 19.5. The van der Waals surface area contributed by atoms with Crippen molar-refractivity contribution in [2.24, 2.45) is 0 Å². The summed E-state index contributed by atoms with van der Waals surface area (Å²) in [5.41, 5.74) is 0.529. The molecule has 1 heterocycles. The molecule has 2 atom stereocenters. The molecule has 25 heavy (non-hydrogen) atoms. The summed E-state index contributed by atoms with van der Waals surface area (Å²) in [6, 6.07) is 1.07. The normalized spacial score (nSPS) is 20.2. The molecule has 4 nitrogen and oxygen atoms in total. The van der Waals surface area contributed by atoms with Gasteiger partial charge in [0.15, 0.2) is 11.6 Å². The van der Waals surface area contributed by atoms with Crippen molar-refractivity contribution in [3.8, 4) is 0 Å². The maximum atomic E-state index is 13.7. The largest absolute Gasteiger partial charge is 0.379 e. The van der Waals surface area contributed by atoms with Crippen molar-refractivity contribution in [3.05, 3.63) is 46.8 Å². The van der Waals surface area contributed by atoms with Crippen LogP contribution in [0.4, 0.5) is 13.2 Å². The third-order valence-corrected chi connectivity index (χ3v) is 3.92. The molecule has 0 aromatic heterocycles. The minimum absolute atomic E-state index is 0.249. The first-order valence-electron chi connectivity index (χ1n) is 8.13. The van der Waals surface area contributed by atoms with Gasteiger partial charge in [-0.15, -0.1) is 0 Å². The van der Waals surface area contributed by atoms with Gasteiger partial charge in [0.25, 0.3) is 0 Å². The zero-order valence-electron chi connectivity index (χ0n) is 14.3. The molecule has 0 radical (unpaired) electrons. The van der Waals surface area contributed by atoms with Gasteiger partial charge in [-0.2, -0.15) is 0 Å². The molecular weight excluding hydrogens is 335 g/mol. The van der Waals surface area contributed by atoms with Crippen LogP contribution in [0.2, 0.25) is 0 Å². The van der Waals surface area contributed by atoms with Gasteiger partial charge < -0.3 is 14.8 Å². The second-order valence-corrected chi connectivity index (χ2v) is 6.19. The summed E-state index contributed by atoms with van der Waals surface area (Å²) in [7, 11) is 0. The lowest BCUT2D eigenvalue weighted by Gasteiger charge is -2.32. The minimum Gasteiger partial charge on any atom is -0.379 e. The van der Waals surface area contributed by atoms with Crippen molar-refractivity contribution in [1.29, 1.82) is 0 Å². The van der Waals surface area contributed by atoms with E-state index in [1.807, 2.05) is 19.9 Å². The fraction of sp³-hybridized carbons (Fsp3) is 0.500. The fourth-order valence-corrected chi connectivity index (χ4v) is 2.54. The maximum Gasteiger partial charge on any atom is 0.225 e. The number of benzene rings is 1. The van der Waals surface area contributed by atoms with E-state index >= 15 is 0 Å². The Kier molecular flexibility index (Phi) is 7.01. The standard InChI is InChI=1S/C18H22F3NO3/c1-11(2)5-8-25-16-6-7-24-10-15(16)22-17(23)9-12-13(19)3-4-14(20)18(12)21/h3-5,15-16H,6-10H2,1-2H3,(H,22,23)/t15-,16+/m0/s1. The molecule has 0 aliphatic carbocycles. The van der Waals surface area contributed by atoms with E-state index in [4.69, 9.17) is 9.47 Å². The van der Waals surface area contributed by atoms with Gasteiger partial charge in [-0.05, 0) is 32.4 Å². The second-order valence-electron chi connectivity index (χ2n) is 6.19. The van der Waals surface area contributed by atoms with Gasteiger partial charge >= 0.3 is 0 Å². The number of hydrogen-bond donors (Lipinski definition) is 1. The molecule has 1 aliphatic rings. The highest BCUT2D eigenvalue weighted by atomic mass is 19.2. The first-order valence-corrected chi connectivity index (χ1v) is 8.13. The van der Waals surface area contributed by atoms with Gasteiger partial charge in [0.05, 0.1) is 31.8 Å². The van der Waals surface area contributed by atoms with Crippen LogP contribution in [0.25, 0.3) is 0 Å². The summed E-state index contributed by atoms with van der Waals surface area (Å²) >= 11 is 0. The summed E-state index contributed by atoms with van der Waals surface area (Å²) in [4.78, 5) is 12.1. The Balaban J connectivity index is 1.98. The van der Waals surface area contributed by atoms with Gasteiger partial charge in [-0.3, -0.25) is 4.79 Å². The van der Waals surface area contributed by atoms with E-state index in [2.05, 4.69) is 5.32 Å². The van der Waals surface area contributed by atoms with Crippen molar-refractivity contribution in [1.82, 2.24) is 5.32 Å². The highest BCUT2D eigenvalue weighted by Crippen LogP contribution is 2.17. The summed E-state index contributed by atoms with van der Waals surface area (Å²) in [6.07, 6.45) is 1.68. The van der Waals surface area contributed by atoms with Gasteiger partial charge in [0.2, 0.25) is 5.91 Å². The van der Waals surface area contributed by atoms with E-state index in [1.54, 1.807) is 0 Å². The molecule has 0 spiro atoms. The molecule has 1 aromatic rings. The second kappa shape index (κ2) is 9.01. The lowest BCUT2D eigenvalue weighted by Crippen LogP contribution is -2.51. The van der Waals surface area contributed by atoms with Crippen LogP contribution in [0.15, 0.2) is 23.8 Å². The Morgan fingerprint density at radius 2 is 2.04 bits per heavy atom. The number of nitrogens with one attached hydrogen (secondary N) is 1. The highest BCUT2D eigenvalue weighted by Gasteiger charge is 2.28. The topological polar surface area (TPSA) is 47.6 Å². The number of hydrogen-bond acceptors (Lipinski definition) is 3. The molecule has 0 unspecified atom stereocenters. The molecule has 1 saturated heterocycles. The third-order valence-electron chi connectivity index (χ3n) is 3.92. The Bertz CT molecular complexity index is 645. The van der Waals surface area contributed by atoms with E-state index < -0.39 is 41.4 Å². The lowest BCUT2D eigenvalue weighted by atomic mass is 10.0. The van der Waals surface area contributed by atoms with Gasteiger partial charge in [-0.25, -0.2) is 13.2 Å². The molecular formula is C18H22F3NO3. The van der Waals surface area contributed by atoms with Gasteiger partial charge in [0, 0.05) is 12.2 Å². The molecule has 0 bridgehead atoms. The van der Waals surface area contributed by atoms with Crippen LogP contribution in [-0.4, -0.2) is 37.9 Å². The van der Waals surface area contributed by atoms with Crippen molar-refractivity contribution >= 4 is 5.91 Å². The summed E-state index contributed by atoms with van der Waals surface area (Å²) in [6.45, 7) is 5.08. The van der Waals surface area contributed by atoms with E-state index in [0.29, 0.717) is 25.7 Å². The average molecular weight is 357 g/mol. The summed E-state index contributed by atoms with van der Waals surface area (Å²) in [5.74, 6) is -4.10. The molecule has 2 rings (SSSR count). The Hall–Kier alpha value is -1.86. The molecule has 1 aliphatic heterocycles. The predicted molar refractivity (Wildman–Crippen MR) is 86.6 cm³/mol. The third kappa shape index (κ3) is 5.57. The van der Waals surface area contributed by atoms with E-state index in [0.717, 1.165) is 11.6 Å². The number of rotatable bonds is 6. The lowest BCUT2D eigenvalue weighted by molar-refractivity contribution is -0.125. The van der Waals surface area contributed by atoms with Crippen molar-refractivity contribution < 1.29 is 27.4 Å². The maximum absolute atomic E-state index is 13.7. The summed E-state index contributed by atoms with van der Waals surface area (Å²) in [5, 5.41) is 2.66. The van der Waals surface area contributed by atoms with Crippen LogP contribution in [-0.2, 0) is 20.7 Å². The van der Waals surface area contributed by atoms with Crippen LogP contribution >= 0.6 is 0 Å². The monoisotopic (exact) mass is 357 g/mol. The average Bonchev–Trinajstić information content (AvgIpc) is 2.56. The minimum atomic E-state index is -1.34. The van der Waals surface area contributed by atoms with Crippen LogP contribution in [0.1, 0.15) is 25.8 Å². The number of carbonyl (C=O) groups excluding carboxylic acids is 1. The van der Waals surface area contributed by atoms with Crippen LogP contribution in [0, 0.1) is 17.5 Å². The molecule has 0 saturated carbocycles. The molecule has 7 heteroatoms. The molecule has 1 aromatic carbocycles. The number of halogens is 3. The van der Waals surface area contributed by atoms with Crippen LogP contribution in [0.5, 0.6) is 0 Å². The van der Waals surface area contributed by atoms with Crippen LogP contribution < -0.4 is 5.32 Å². The van der Waals surface area contributed by atoms with Crippen molar-refractivity contribution in [2.75, 3.05) is 19.8 Å². The Morgan fingerprint density at radius 1 is 1.32 bits per heavy atom. The Morgan fingerprint density at radius 3 is 2.76 bits per heavy atom. The molecule has 1 fully saturated rings. The SMILES string of the molecule is CC(C)=CCO[C@@H]1CCOC[C@@H]1NC(=O)Cc1c(F)ccc(F)c1F. The van der Waals surface area contributed by atoms with E-state index in [-0.39, 0.29) is 12.7 Å². The zero-order chi connectivity index (χ0) is 18.4.